The molecule has 110 valence electrons. The summed E-state index contributed by atoms with van der Waals surface area (Å²) in [5.74, 6) is 2.46. The van der Waals surface area contributed by atoms with Gasteiger partial charge in [0.25, 0.3) is 0 Å². The third-order valence-electron chi connectivity index (χ3n) is 4.41. The van der Waals surface area contributed by atoms with E-state index in [-0.39, 0.29) is 6.10 Å². The molecule has 1 aromatic heterocycles. The van der Waals surface area contributed by atoms with Gasteiger partial charge in [0.15, 0.2) is 5.82 Å². The predicted octanol–water partition coefficient (Wildman–Crippen LogP) is 3.81. The van der Waals surface area contributed by atoms with Crippen molar-refractivity contribution in [2.45, 2.75) is 70.5 Å². The van der Waals surface area contributed by atoms with Crippen molar-refractivity contribution in [3.05, 3.63) is 17.6 Å². The molecule has 3 rings (SSSR count). The van der Waals surface area contributed by atoms with Gasteiger partial charge in [-0.1, -0.05) is 12.8 Å². The highest BCUT2D eigenvalue weighted by atomic mass is 16.5. The Balaban J connectivity index is 1.87. The van der Waals surface area contributed by atoms with E-state index < -0.39 is 0 Å². The number of rotatable bonds is 4. The molecule has 0 amide bonds. The summed E-state index contributed by atoms with van der Waals surface area (Å²) in [6, 6.07) is 2.14. The summed E-state index contributed by atoms with van der Waals surface area (Å²) in [6.07, 6.45) is 7.77. The van der Waals surface area contributed by atoms with E-state index in [1.807, 2.05) is 0 Å². The summed E-state index contributed by atoms with van der Waals surface area (Å²) in [5.41, 5.74) is 1.21. The van der Waals surface area contributed by atoms with Crippen molar-refractivity contribution in [1.82, 2.24) is 9.97 Å². The Bertz CT molecular complexity index is 457. The maximum atomic E-state index is 5.95. The third kappa shape index (κ3) is 2.95. The second-order valence-electron chi connectivity index (χ2n) is 6.06. The zero-order valence-electron chi connectivity index (χ0n) is 12.6. The van der Waals surface area contributed by atoms with E-state index in [9.17, 15) is 0 Å². The zero-order valence-corrected chi connectivity index (χ0v) is 12.6. The average molecular weight is 275 g/mol. The molecule has 4 heteroatoms. The summed E-state index contributed by atoms with van der Waals surface area (Å²) in [7, 11) is 0. The van der Waals surface area contributed by atoms with Crippen molar-refractivity contribution in [2.24, 2.45) is 0 Å². The summed E-state index contributed by atoms with van der Waals surface area (Å²) in [5, 5.41) is 3.34. The molecule has 2 fully saturated rings. The smallest absolute Gasteiger partial charge is 0.159 e. The van der Waals surface area contributed by atoms with Gasteiger partial charge < -0.3 is 10.1 Å². The van der Waals surface area contributed by atoms with E-state index in [2.05, 4.69) is 30.2 Å². The minimum absolute atomic E-state index is 0.0868. The topological polar surface area (TPSA) is 47.0 Å². The van der Waals surface area contributed by atoms with Crippen molar-refractivity contribution in [2.75, 3.05) is 11.9 Å². The molecule has 2 aliphatic rings. The van der Waals surface area contributed by atoms with E-state index in [0.717, 1.165) is 31.0 Å². The first-order chi connectivity index (χ1) is 9.76. The standard InChI is InChI=1S/C16H25N3O/c1-3-17-15-10-13(12-6-4-5-7-12)18-16(19-15)14-9-8-11(2)20-14/h10-12,14H,3-9H2,1-2H3,(H,17,18,19). The zero-order chi connectivity index (χ0) is 13.9. The fraction of sp³-hybridized carbons (Fsp3) is 0.750. The summed E-state index contributed by atoms with van der Waals surface area (Å²) >= 11 is 0. The van der Waals surface area contributed by atoms with Gasteiger partial charge in [-0.25, -0.2) is 9.97 Å². The first kappa shape index (κ1) is 13.8. The molecule has 1 N–H and O–H groups in total. The number of anilines is 1. The van der Waals surface area contributed by atoms with Crippen molar-refractivity contribution in [1.29, 1.82) is 0 Å². The van der Waals surface area contributed by atoms with Crippen LogP contribution in [-0.4, -0.2) is 22.6 Å². The molecule has 0 spiro atoms. The average Bonchev–Trinajstić information content (AvgIpc) is 3.09. The van der Waals surface area contributed by atoms with Gasteiger partial charge in [0.2, 0.25) is 0 Å². The van der Waals surface area contributed by atoms with Crippen LogP contribution in [0.15, 0.2) is 6.07 Å². The Labute approximate surface area is 121 Å². The van der Waals surface area contributed by atoms with E-state index in [0.29, 0.717) is 12.0 Å². The van der Waals surface area contributed by atoms with Crippen LogP contribution in [0.1, 0.15) is 75.9 Å². The fourth-order valence-electron chi connectivity index (χ4n) is 3.32. The van der Waals surface area contributed by atoms with Crippen LogP contribution in [0.5, 0.6) is 0 Å². The van der Waals surface area contributed by atoms with Crippen LogP contribution in [0, 0.1) is 0 Å². The quantitative estimate of drug-likeness (QED) is 0.907. The predicted molar refractivity (Wildman–Crippen MR) is 79.9 cm³/mol. The lowest BCUT2D eigenvalue weighted by molar-refractivity contribution is 0.0502. The largest absolute Gasteiger partial charge is 0.370 e. The van der Waals surface area contributed by atoms with Crippen LogP contribution < -0.4 is 5.32 Å². The molecule has 1 aliphatic carbocycles. The maximum Gasteiger partial charge on any atom is 0.159 e. The van der Waals surface area contributed by atoms with Crippen LogP contribution in [0.2, 0.25) is 0 Å². The highest BCUT2D eigenvalue weighted by Gasteiger charge is 2.28. The third-order valence-corrected chi connectivity index (χ3v) is 4.41. The van der Waals surface area contributed by atoms with Crippen LogP contribution in [0.4, 0.5) is 5.82 Å². The van der Waals surface area contributed by atoms with Gasteiger partial charge in [-0.15, -0.1) is 0 Å². The van der Waals surface area contributed by atoms with E-state index >= 15 is 0 Å². The molecule has 1 saturated carbocycles. The molecule has 4 nitrogen and oxygen atoms in total. The molecule has 0 bridgehead atoms. The lowest BCUT2D eigenvalue weighted by Crippen LogP contribution is -2.11. The number of aromatic nitrogens is 2. The Morgan fingerprint density at radius 2 is 2.00 bits per heavy atom. The molecule has 20 heavy (non-hydrogen) atoms. The van der Waals surface area contributed by atoms with Crippen molar-refractivity contribution >= 4 is 5.82 Å². The SMILES string of the molecule is CCNc1cc(C2CCCC2)nc(C2CCC(C)O2)n1. The minimum Gasteiger partial charge on any atom is -0.370 e. The minimum atomic E-state index is 0.0868. The van der Waals surface area contributed by atoms with Crippen LogP contribution in [0.25, 0.3) is 0 Å². The maximum absolute atomic E-state index is 5.95. The lowest BCUT2D eigenvalue weighted by Gasteiger charge is -2.16. The molecule has 2 heterocycles. The Morgan fingerprint density at radius 1 is 1.20 bits per heavy atom. The number of hydrogen-bond donors (Lipinski definition) is 1. The summed E-state index contributed by atoms with van der Waals surface area (Å²) < 4.78 is 5.95. The Morgan fingerprint density at radius 3 is 2.65 bits per heavy atom. The Kier molecular flexibility index (Phi) is 4.20. The van der Waals surface area contributed by atoms with Gasteiger partial charge in [-0.3, -0.25) is 0 Å². The second kappa shape index (κ2) is 6.08. The molecule has 1 saturated heterocycles. The molecule has 1 aliphatic heterocycles. The summed E-state index contributed by atoms with van der Waals surface area (Å²) in [4.78, 5) is 9.50. The van der Waals surface area contributed by atoms with Crippen LogP contribution >= 0.6 is 0 Å². The highest BCUT2D eigenvalue weighted by molar-refractivity contribution is 5.37. The molecular weight excluding hydrogens is 250 g/mol. The lowest BCUT2D eigenvalue weighted by atomic mass is 10.0. The monoisotopic (exact) mass is 275 g/mol. The van der Waals surface area contributed by atoms with E-state index in [1.54, 1.807) is 0 Å². The summed E-state index contributed by atoms with van der Waals surface area (Å²) in [6.45, 7) is 5.12. The molecule has 2 unspecified atom stereocenters. The van der Waals surface area contributed by atoms with Crippen molar-refractivity contribution < 1.29 is 4.74 Å². The normalized spacial score (nSPS) is 27.1. The number of hydrogen-bond acceptors (Lipinski definition) is 4. The van der Waals surface area contributed by atoms with Gasteiger partial charge in [-0.05, 0) is 39.5 Å². The van der Waals surface area contributed by atoms with Crippen molar-refractivity contribution in [3.8, 4) is 0 Å². The first-order valence-corrected chi connectivity index (χ1v) is 8.04. The molecule has 0 aromatic carbocycles. The van der Waals surface area contributed by atoms with Crippen LogP contribution in [-0.2, 0) is 4.74 Å². The van der Waals surface area contributed by atoms with Gasteiger partial charge in [0.1, 0.15) is 11.9 Å². The molecule has 1 aromatic rings. The number of nitrogens with zero attached hydrogens (tertiary/aromatic N) is 2. The van der Waals surface area contributed by atoms with Crippen LogP contribution in [0.3, 0.4) is 0 Å². The highest BCUT2D eigenvalue weighted by Crippen LogP contribution is 2.36. The van der Waals surface area contributed by atoms with Crippen molar-refractivity contribution in [3.63, 3.8) is 0 Å². The molecule has 2 atom stereocenters. The number of ether oxygens (including phenoxy) is 1. The van der Waals surface area contributed by atoms with Gasteiger partial charge >= 0.3 is 0 Å². The van der Waals surface area contributed by atoms with E-state index in [1.165, 1.54) is 31.4 Å². The van der Waals surface area contributed by atoms with Gasteiger partial charge in [0, 0.05) is 24.2 Å². The Hall–Kier alpha value is -1.16. The van der Waals surface area contributed by atoms with E-state index in [4.69, 9.17) is 9.72 Å². The first-order valence-electron chi connectivity index (χ1n) is 8.04. The number of nitrogens with one attached hydrogen (secondary N) is 1. The van der Waals surface area contributed by atoms with Gasteiger partial charge in [0.05, 0.1) is 6.10 Å². The second-order valence-corrected chi connectivity index (χ2v) is 6.06. The molecule has 0 radical (unpaired) electrons. The molecular formula is C16H25N3O. The van der Waals surface area contributed by atoms with Gasteiger partial charge in [-0.2, -0.15) is 0 Å². The fourth-order valence-corrected chi connectivity index (χ4v) is 3.32.